The van der Waals surface area contributed by atoms with Gasteiger partial charge in [-0.3, -0.25) is 0 Å². The third-order valence-corrected chi connectivity index (χ3v) is 4.61. The molecule has 0 fully saturated rings. The van der Waals surface area contributed by atoms with E-state index in [9.17, 15) is 0 Å². The molecule has 26 heavy (non-hydrogen) atoms. The van der Waals surface area contributed by atoms with Crippen molar-refractivity contribution in [3.63, 3.8) is 0 Å². The minimum absolute atomic E-state index is 0.719. The molecular weight excluding hydrogens is 343 g/mol. The maximum absolute atomic E-state index is 5.91. The SMILES string of the molecule is Bc1cnc2[nH]cc(Cc3ccc(NCc4ccc(Cl)cc4)nc3)c2c1. The normalized spacial score (nSPS) is 11.0. The van der Waals surface area contributed by atoms with Crippen LogP contribution in [0.15, 0.2) is 61.1 Å². The van der Waals surface area contributed by atoms with Gasteiger partial charge in [0.25, 0.3) is 0 Å². The summed E-state index contributed by atoms with van der Waals surface area (Å²) in [7, 11) is 2.06. The van der Waals surface area contributed by atoms with E-state index in [0.717, 1.165) is 29.5 Å². The largest absolute Gasteiger partial charge is 0.366 e. The summed E-state index contributed by atoms with van der Waals surface area (Å²) >= 11 is 5.91. The van der Waals surface area contributed by atoms with E-state index in [1.807, 2.05) is 48.9 Å². The Bertz CT molecular complexity index is 1030. The zero-order valence-electron chi connectivity index (χ0n) is 14.5. The Kier molecular flexibility index (Phi) is 4.63. The van der Waals surface area contributed by atoms with Crippen molar-refractivity contribution in [2.45, 2.75) is 13.0 Å². The summed E-state index contributed by atoms with van der Waals surface area (Å²) < 4.78 is 0. The topological polar surface area (TPSA) is 53.6 Å². The Balaban J connectivity index is 1.43. The summed E-state index contributed by atoms with van der Waals surface area (Å²) in [5.41, 5.74) is 5.67. The van der Waals surface area contributed by atoms with Crippen LogP contribution in [-0.4, -0.2) is 22.8 Å². The molecular formula is C20H18BClN4. The van der Waals surface area contributed by atoms with Gasteiger partial charge in [0.05, 0.1) is 0 Å². The van der Waals surface area contributed by atoms with Crippen LogP contribution in [0.25, 0.3) is 11.0 Å². The van der Waals surface area contributed by atoms with E-state index in [2.05, 4.69) is 40.2 Å². The molecule has 1 aromatic carbocycles. The van der Waals surface area contributed by atoms with Gasteiger partial charge in [-0.1, -0.05) is 41.3 Å². The van der Waals surface area contributed by atoms with Gasteiger partial charge >= 0.3 is 0 Å². The second kappa shape index (κ2) is 7.22. The van der Waals surface area contributed by atoms with Crippen molar-refractivity contribution in [2.75, 3.05) is 5.32 Å². The van der Waals surface area contributed by atoms with Crippen LogP contribution < -0.4 is 10.8 Å². The number of H-pyrrole nitrogens is 1. The van der Waals surface area contributed by atoms with Crippen molar-refractivity contribution < 1.29 is 0 Å². The molecule has 0 bridgehead atoms. The lowest BCUT2D eigenvalue weighted by Gasteiger charge is -2.07. The number of nitrogens with zero attached hydrogens (tertiary/aromatic N) is 2. The van der Waals surface area contributed by atoms with Crippen LogP contribution in [-0.2, 0) is 13.0 Å². The van der Waals surface area contributed by atoms with Crippen molar-refractivity contribution in [3.05, 3.63) is 82.8 Å². The van der Waals surface area contributed by atoms with E-state index < -0.39 is 0 Å². The molecule has 0 spiro atoms. The molecule has 3 heterocycles. The van der Waals surface area contributed by atoms with E-state index in [1.54, 1.807) is 0 Å². The second-order valence-corrected chi connectivity index (χ2v) is 6.87. The number of benzene rings is 1. The van der Waals surface area contributed by atoms with Gasteiger partial charge in [-0.15, -0.1) is 0 Å². The highest BCUT2D eigenvalue weighted by Gasteiger charge is 2.06. The first-order chi connectivity index (χ1) is 12.7. The van der Waals surface area contributed by atoms with Crippen molar-refractivity contribution in [1.29, 1.82) is 0 Å². The number of anilines is 1. The number of aromatic amines is 1. The molecule has 0 aliphatic rings. The van der Waals surface area contributed by atoms with Gasteiger partial charge in [-0.25, -0.2) is 9.97 Å². The molecule has 0 atom stereocenters. The average Bonchev–Trinajstić information content (AvgIpc) is 3.04. The molecule has 0 aliphatic heterocycles. The number of nitrogens with one attached hydrogen (secondary N) is 2. The highest BCUT2D eigenvalue weighted by Crippen LogP contribution is 2.19. The number of hydrogen-bond donors (Lipinski definition) is 2. The minimum Gasteiger partial charge on any atom is -0.366 e. The third kappa shape index (κ3) is 3.73. The van der Waals surface area contributed by atoms with Crippen molar-refractivity contribution >= 4 is 41.8 Å². The number of hydrogen-bond acceptors (Lipinski definition) is 3. The van der Waals surface area contributed by atoms with E-state index in [4.69, 9.17) is 11.6 Å². The zero-order chi connectivity index (χ0) is 17.9. The number of fused-ring (bicyclic) bond motifs is 1. The molecule has 0 unspecified atom stereocenters. The first-order valence-corrected chi connectivity index (χ1v) is 8.91. The Morgan fingerprint density at radius 1 is 1.00 bits per heavy atom. The van der Waals surface area contributed by atoms with E-state index >= 15 is 0 Å². The first-order valence-electron chi connectivity index (χ1n) is 8.53. The summed E-state index contributed by atoms with van der Waals surface area (Å²) in [6, 6.07) is 14.1. The molecule has 0 aliphatic carbocycles. The fourth-order valence-corrected chi connectivity index (χ4v) is 3.08. The fourth-order valence-electron chi connectivity index (χ4n) is 2.96. The molecule has 4 rings (SSSR count). The van der Waals surface area contributed by atoms with Gasteiger partial charge in [0, 0.05) is 42.0 Å². The summed E-state index contributed by atoms with van der Waals surface area (Å²) in [4.78, 5) is 12.2. The predicted octanol–water partition coefficient (Wildman–Crippen LogP) is 3.07. The molecule has 0 radical (unpaired) electrons. The van der Waals surface area contributed by atoms with Crippen LogP contribution >= 0.6 is 11.6 Å². The standard InChI is InChI=1S/C20H18BClN4/c21-16-8-18-15(11-25-20(18)26-12-16)7-14-3-6-19(24-10-14)23-9-13-1-4-17(22)5-2-13/h1-6,8,10-12H,7,9,21H2,(H,23,24)(H,25,26). The van der Waals surface area contributed by atoms with Crippen molar-refractivity contribution in [1.82, 2.24) is 15.0 Å². The molecule has 0 saturated carbocycles. The lowest BCUT2D eigenvalue weighted by Crippen LogP contribution is -2.02. The zero-order valence-corrected chi connectivity index (χ0v) is 15.2. The van der Waals surface area contributed by atoms with Crippen LogP contribution in [0.2, 0.25) is 5.02 Å². The molecule has 2 N–H and O–H groups in total. The number of halogens is 1. The molecule has 0 saturated heterocycles. The summed E-state index contributed by atoms with van der Waals surface area (Å²) in [5.74, 6) is 0.861. The van der Waals surface area contributed by atoms with Crippen molar-refractivity contribution in [3.8, 4) is 0 Å². The van der Waals surface area contributed by atoms with E-state index in [0.29, 0.717) is 0 Å². The number of aromatic nitrogens is 3. The smallest absolute Gasteiger partial charge is 0.141 e. The maximum Gasteiger partial charge on any atom is 0.141 e. The number of pyridine rings is 2. The summed E-state index contributed by atoms with van der Waals surface area (Å²) in [6.45, 7) is 0.719. The van der Waals surface area contributed by atoms with Gasteiger partial charge in [0.1, 0.15) is 19.3 Å². The molecule has 4 nitrogen and oxygen atoms in total. The number of rotatable bonds is 5. The lowest BCUT2D eigenvalue weighted by atomic mass is 9.96. The van der Waals surface area contributed by atoms with Gasteiger partial charge in [-0.2, -0.15) is 0 Å². The molecule has 3 aromatic heterocycles. The van der Waals surface area contributed by atoms with Crippen molar-refractivity contribution in [2.24, 2.45) is 0 Å². The van der Waals surface area contributed by atoms with Gasteiger partial charge in [0.15, 0.2) is 0 Å². The lowest BCUT2D eigenvalue weighted by molar-refractivity contribution is 1.09. The maximum atomic E-state index is 5.91. The van der Waals surface area contributed by atoms with Crippen LogP contribution in [0.3, 0.4) is 0 Å². The highest BCUT2D eigenvalue weighted by atomic mass is 35.5. The fraction of sp³-hybridized carbons (Fsp3) is 0.100. The van der Waals surface area contributed by atoms with Crippen LogP contribution in [0, 0.1) is 0 Å². The van der Waals surface area contributed by atoms with Gasteiger partial charge < -0.3 is 10.3 Å². The summed E-state index contributed by atoms with van der Waals surface area (Å²) in [6.07, 6.45) is 6.66. The van der Waals surface area contributed by atoms with Crippen LogP contribution in [0.5, 0.6) is 0 Å². The van der Waals surface area contributed by atoms with Crippen LogP contribution in [0.4, 0.5) is 5.82 Å². The van der Waals surface area contributed by atoms with E-state index in [-0.39, 0.29) is 0 Å². The Labute approximate surface area is 158 Å². The van der Waals surface area contributed by atoms with Crippen LogP contribution in [0.1, 0.15) is 16.7 Å². The summed E-state index contributed by atoms with van der Waals surface area (Å²) in [5, 5.41) is 5.26. The molecule has 6 heteroatoms. The van der Waals surface area contributed by atoms with Gasteiger partial charge in [0.2, 0.25) is 0 Å². The predicted molar refractivity (Wildman–Crippen MR) is 110 cm³/mol. The van der Waals surface area contributed by atoms with E-state index in [1.165, 1.54) is 27.5 Å². The Morgan fingerprint density at radius 2 is 1.81 bits per heavy atom. The first kappa shape index (κ1) is 16.7. The molecule has 0 amide bonds. The minimum atomic E-state index is 0.719. The highest BCUT2D eigenvalue weighted by molar-refractivity contribution is 6.32. The quantitative estimate of drug-likeness (QED) is 0.538. The molecule has 4 aromatic rings. The average molecular weight is 361 g/mol. The second-order valence-electron chi connectivity index (χ2n) is 6.43. The third-order valence-electron chi connectivity index (χ3n) is 4.36. The molecule has 128 valence electrons. The van der Waals surface area contributed by atoms with Gasteiger partial charge in [-0.05, 0) is 34.9 Å². The monoisotopic (exact) mass is 360 g/mol. The Morgan fingerprint density at radius 3 is 2.58 bits per heavy atom. The Hall–Kier alpha value is -2.79.